The first-order valence-corrected chi connectivity index (χ1v) is 10.1. The Labute approximate surface area is 169 Å². The summed E-state index contributed by atoms with van der Waals surface area (Å²) in [5.41, 5.74) is 3.90. The van der Waals surface area contributed by atoms with Crippen molar-refractivity contribution >= 4 is 17.5 Å². The number of likely N-dealkylation sites (tertiary alicyclic amines) is 2. The van der Waals surface area contributed by atoms with Crippen molar-refractivity contribution in [1.82, 2.24) is 19.2 Å². The SMILES string of the molecule is CC(=O)N1C[C@H]2CN(C(=O)c3ccc4nccn4c3)C[C@H]2[C@H]1c1ccccc1C. The van der Waals surface area contributed by atoms with Crippen LogP contribution in [0.25, 0.3) is 5.65 Å². The molecule has 4 heterocycles. The molecular formula is C23H24N4O2. The van der Waals surface area contributed by atoms with Crippen LogP contribution in [0.4, 0.5) is 0 Å². The molecular weight excluding hydrogens is 364 g/mol. The summed E-state index contributed by atoms with van der Waals surface area (Å²) in [5, 5.41) is 0. The molecule has 0 radical (unpaired) electrons. The van der Waals surface area contributed by atoms with E-state index in [1.807, 2.05) is 50.9 Å². The highest BCUT2D eigenvalue weighted by atomic mass is 16.2. The molecule has 0 spiro atoms. The first-order chi connectivity index (χ1) is 14.0. The van der Waals surface area contributed by atoms with E-state index >= 15 is 0 Å². The molecule has 2 aliphatic rings. The summed E-state index contributed by atoms with van der Waals surface area (Å²) in [7, 11) is 0. The van der Waals surface area contributed by atoms with Gasteiger partial charge < -0.3 is 14.2 Å². The number of carbonyl (C=O) groups is 2. The zero-order valence-corrected chi connectivity index (χ0v) is 16.7. The van der Waals surface area contributed by atoms with Crippen molar-refractivity contribution in [1.29, 1.82) is 0 Å². The number of amides is 2. The third kappa shape index (κ3) is 2.90. The lowest BCUT2D eigenvalue weighted by molar-refractivity contribution is -0.130. The van der Waals surface area contributed by atoms with Crippen LogP contribution in [0, 0.1) is 18.8 Å². The van der Waals surface area contributed by atoms with Gasteiger partial charge in [0.2, 0.25) is 5.91 Å². The predicted molar refractivity (Wildman–Crippen MR) is 109 cm³/mol. The predicted octanol–water partition coefficient (Wildman–Crippen LogP) is 2.93. The molecule has 29 heavy (non-hydrogen) atoms. The van der Waals surface area contributed by atoms with Crippen LogP contribution in [-0.2, 0) is 4.79 Å². The monoisotopic (exact) mass is 388 g/mol. The van der Waals surface area contributed by atoms with Crippen LogP contribution in [0.5, 0.6) is 0 Å². The van der Waals surface area contributed by atoms with Gasteiger partial charge in [0.15, 0.2) is 0 Å². The number of hydrogen-bond acceptors (Lipinski definition) is 3. The Morgan fingerprint density at radius 1 is 1.07 bits per heavy atom. The summed E-state index contributed by atoms with van der Waals surface area (Å²) in [6.45, 7) is 5.82. The smallest absolute Gasteiger partial charge is 0.255 e. The van der Waals surface area contributed by atoms with Crippen LogP contribution >= 0.6 is 0 Å². The van der Waals surface area contributed by atoms with Crippen molar-refractivity contribution in [2.45, 2.75) is 19.9 Å². The lowest BCUT2D eigenvalue weighted by atomic mass is 9.87. The highest BCUT2D eigenvalue weighted by Gasteiger charge is 2.49. The van der Waals surface area contributed by atoms with Gasteiger partial charge in [-0.25, -0.2) is 4.98 Å². The second kappa shape index (κ2) is 6.72. The van der Waals surface area contributed by atoms with Crippen LogP contribution in [-0.4, -0.2) is 50.6 Å². The number of imidazole rings is 1. The third-order valence-electron chi connectivity index (χ3n) is 6.50. The van der Waals surface area contributed by atoms with E-state index in [1.165, 1.54) is 11.1 Å². The minimum Gasteiger partial charge on any atom is -0.338 e. The van der Waals surface area contributed by atoms with Gasteiger partial charge in [-0.3, -0.25) is 9.59 Å². The van der Waals surface area contributed by atoms with E-state index in [1.54, 1.807) is 13.1 Å². The van der Waals surface area contributed by atoms with Crippen molar-refractivity contribution in [2.75, 3.05) is 19.6 Å². The largest absolute Gasteiger partial charge is 0.338 e. The Morgan fingerprint density at radius 2 is 1.90 bits per heavy atom. The summed E-state index contributed by atoms with van der Waals surface area (Å²) in [6, 6.07) is 12.0. The van der Waals surface area contributed by atoms with Crippen LogP contribution in [0.1, 0.15) is 34.5 Å². The number of rotatable bonds is 2. The van der Waals surface area contributed by atoms with Crippen LogP contribution in [0.2, 0.25) is 0 Å². The first-order valence-electron chi connectivity index (χ1n) is 10.1. The number of pyridine rings is 1. The molecule has 2 saturated heterocycles. The zero-order valence-electron chi connectivity index (χ0n) is 16.7. The molecule has 0 saturated carbocycles. The molecule has 3 aromatic rings. The number of carbonyl (C=O) groups excluding carboxylic acids is 2. The van der Waals surface area contributed by atoms with Gasteiger partial charge in [-0.2, -0.15) is 0 Å². The molecule has 0 unspecified atom stereocenters. The molecule has 5 rings (SSSR count). The number of hydrogen-bond donors (Lipinski definition) is 0. The summed E-state index contributed by atoms with van der Waals surface area (Å²) in [4.78, 5) is 33.7. The highest BCUT2D eigenvalue weighted by molar-refractivity contribution is 5.94. The van der Waals surface area contributed by atoms with Crippen molar-refractivity contribution < 1.29 is 9.59 Å². The standard InChI is InChI=1S/C23H24N4O2/c1-15-5-3-4-6-19(15)22-20-14-26(12-18(20)13-27(22)16(2)28)23(29)17-7-8-21-24-9-10-25(21)11-17/h3-11,18,20,22H,12-14H2,1-2H3/t18-,20-,22-/m1/s1. The van der Waals surface area contributed by atoms with E-state index in [0.717, 1.165) is 5.65 Å². The van der Waals surface area contributed by atoms with Gasteiger partial charge >= 0.3 is 0 Å². The normalized spacial score (nSPS) is 23.6. The molecule has 148 valence electrons. The van der Waals surface area contributed by atoms with E-state index in [-0.39, 0.29) is 23.8 Å². The van der Waals surface area contributed by atoms with Gasteiger partial charge in [-0.15, -0.1) is 0 Å². The van der Waals surface area contributed by atoms with Crippen molar-refractivity contribution in [3.8, 4) is 0 Å². The number of nitrogens with zero attached hydrogens (tertiary/aromatic N) is 4. The van der Waals surface area contributed by atoms with Crippen LogP contribution in [0.3, 0.4) is 0 Å². The van der Waals surface area contributed by atoms with Gasteiger partial charge in [0.1, 0.15) is 5.65 Å². The van der Waals surface area contributed by atoms with Gasteiger partial charge in [0.05, 0.1) is 11.6 Å². The Balaban J connectivity index is 1.43. The van der Waals surface area contributed by atoms with E-state index in [4.69, 9.17) is 0 Å². The molecule has 2 fully saturated rings. The lowest BCUT2D eigenvalue weighted by Crippen LogP contribution is -2.36. The topological polar surface area (TPSA) is 57.9 Å². The fourth-order valence-corrected chi connectivity index (χ4v) is 5.08. The van der Waals surface area contributed by atoms with Crippen LogP contribution < -0.4 is 0 Å². The molecule has 0 N–H and O–H groups in total. The molecule has 2 amide bonds. The average Bonchev–Trinajstić information content (AvgIpc) is 3.41. The quantitative estimate of drug-likeness (QED) is 0.678. The fourth-order valence-electron chi connectivity index (χ4n) is 5.08. The Morgan fingerprint density at radius 3 is 2.69 bits per heavy atom. The summed E-state index contributed by atoms with van der Waals surface area (Å²) >= 11 is 0. The zero-order chi connectivity index (χ0) is 20.1. The van der Waals surface area contributed by atoms with E-state index < -0.39 is 0 Å². The average molecular weight is 388 g/mol. The maximum Gasteiger partial charge on any atom is 0.255 e. The first kappa shape index (κ1) is 17.9. The van der Waals surface area contributed by atoms with Gasteiger partial charge in [-0.1, -0.05) is 24.3 Å². The van der Waals surface area contributed by atoms with Crippen molar-refractivity contribution in [3.63, 3.8) is 0 Å². The second-order valence-electron chi connectivity index (χ2n) is 8.22. The number of aryl methyl sites for hydroxylation is 1. The molecule has 0 bridgehead atoms. The van der Waals surface area contributed by atoms with Crippen LogP contribution in [0.15, 0.2) is 55.0 Å². The van der Waals surface area contributed by atoms with E-state index in [9.17, 15) is 9.59 Å². The van der Waals surface area contributed by atoms with Gasteiger partial charge in [0.25, 0.3) is 5.91 Å². The fraction of sp³-hybridized carbons (Fsp3) is 0.348. The van der Waals surface area contributed by atoms with Crippen molar-refractivity contribution in [3.05, 3.63) is 71.7 Å². The second-order valence-corrected chi connectivity index (χ2v) is 8.22. The van der Waals surface area contributed by atoms with E-state index in [0.29, 0.717) is 31.1 Å². The number of benzene rings is 1. The lowest BCUT2D eigenvalue weighted by Gasteiger charge is -2.30. The molecule has 6 nitrogen and oxygen atoms in total. The minimum absolute atomic E-state index is 0.0348. The molecule has 6 heteroatoms. The Bertz CT molecular complexity index is 1100. The maximum absolute atomic E-state index is 13.2. The maximum atomic E-state index is 13.2. The summed E-state index contributed by atoms with van der Waals surface area (Å²) in [6.07, 6.45) is 5.43. The Hall–Kier alpha value is -3.15. The molecule has 1 aromatic carbocycles. The van der Waals surface area contributed by atoms with Crippen molar-refractivity contribution in [2.24, 2.45) is 11.8 Å². The molecule has 2 aromatic heterocycles. The Kier molecular flexibility index (Phi) is 4.15. The molecule has 3 atom stereocenters. The summed E-state index contributed by atoms with van der Waals surface area (Å²) < 4.78 is 1.87. The number of aromatic nitrogens is 2. The third-order valence-corrected chi connectivity index (χ3v) is 6.50. The summed E-state index contributed by atoms with van der Waals surface area (Å²) in [5.74, 6) is 0.731. The number of fused-ring (bicyclic) bond motifs is 2. The van der Waals surface area contributed by atoms with Gasteiger partial charge in [-0.05, 0) is 30.2 Å². The van der Waals surface area contributed by atoms with Gasteiger partial charge in [0, 0.05) is 57.0 Å². The molecule has 2 aliphatic heterocycles. The molecule has 0 aliphatic carbocycles. The highest BCUT2D eigenvalue weighted by Crippen LogP contribution is 2.46. The van der Waals surface area contributed by atoms with E-state index in [2.05, 4.69) is 24.0 Å². The minimum atomic E-state index is 0.0348.